The normalized spacial score (nSPS) is 10.6. The van der Waals surface area contributed by atoms with Crippen LogP contribution in [0.25, 0.3) is 0 Å². The molecule has 0 saturated heterocycles. The molecule has 0 atom stereocenters. The molecular formula is C11H13FN4. The third kappa shape index (κ3) is 4.42. The number of halogens is 1. The van der Waals surface area contributed by atoms with E-state index < -0.39 is 6.67 Å². The molecule has 0 fully saturated rings. The maximum Gasteiger partial charge on any atom is 0.209 e. The molecule has 0 aliphatic heterocycles. The molecule has 1 rings (SSSR count). The van der Waals surface area contributed by atoms with E-state index in [1.54, 1.807) is 6.19 Å². The molecule has 0 radical (unpaired) electrons. The van der Waals surface area contributed by atoms with Gasteiger partial charge in [0, 0.05) is 13.1 Å². The third-order valence-corrected chi connectivity index (χ3v) is 1.85. The van der Waals surface area contributed by atoms with Gasteiger partial charge in [-0.3, -0.25) is 0 Å². The van der Waals surface area contributed by atoms with Crippen LogP contribution in [0.2, 0.25) is 0 Å². The Labute approximate surface area is 93.8 Å². The minimum Gasteiger partial charge on any atom is -0.353 e. The largest absolute Gasteiger partial charge is 0.353 e. The fourth-order valence-electron chi connectivity index (χ4n) is 1.14. The second kappa shape index (κ2) is 7.23. The zero-order valence-corrected chi connectivity index (χ0v) is 8.78. The molecule has 0 unspecified atom stereocenters. The van der Waals surface area contributed by atoms with Gasteiger partial charge >= 0.3 is 0 Å². The van der Waals surface area contributed by atoms with E-state index in [-0.39, 0.29) is 6.54 Å². The van der Waals surface area contributed by atoms with Gasteiger partial charge < -0.3 is 10.6 Å². The molecule has 2 N–H and O–H groups in total. The van der Waals surface area contributed by atoms with Crippen molar-refractivity contribution in [2.24, 2.45) is 4.99 Å². The van der Waals surface area contributed by atoms with E-state index in [9.17, 15) is 4.39 Å². The third-order valence-electron chi connectivity index (χ3n) is 1.85. The molecule has 0 bridgehead atoms. The molecule has 1 aromatic carbocycles. The molecule has 0 aliphatic carbocycles. The van der Waals surface area contributed by atoms with Crippen molar-refractivity contribution in [3.8, 4) is 6.19 Å². The van der Waals surface area contributed by atoms with Gasteiger partial charge in [-0.05, 0) is 5.56 Å². The van der Waals surface area contributed by atoms with Crippen molar-refractivity contribution >= 4 is 5.96 Å². The van der Waals surface area contributed by atoms with Gasteiger partial charge in [0.15, 0.2) is 0 Å². The predicted octanol–water partition coefficient (Wildman–Crippen LogP) is 1.17. The lowest BCUT2D eigenvalue weighted by Gasteiger charge is -2.09. The van der Waals surface area contributed by atoms with Gasteiger partial charge in [-0.2, -0.15) is 5.26 Å². The van der Waals surface area contributed by atoms with E-state index in [1.807, 2.05) is 30.3 Å². The number of guanidine groups is 1. The van der Waals surface area contributed by atoms with Crippen LogP contribution in [0.15, 0.2) is 35.3 Å². The molecule has 4 nitrogen and oxygen atoms in total. The Morgan fingerprint density at radius 3 is 2.69 bits per heavy atom. The lowest BCUT2D eigenvalue weighted by Crippen LogP contribution is -2.37. The molecule has 0 amide bonds. The van der Waals surface area contributed by atoms with Crippen LogP contribution in [0, 0.1) is 11.5 Å². The topological polar surface area (TPSA) is 60.2 Å². The molecular weight excluding hydrogens is 207 g/mol. The fourth-order valence-corrected chi connectivity index (χ4v) is 1.14. The molecule has 5 heteroatoms. The SMILES string of the molecule is N#C/N=C(\NCCF)NCc1ccccc1. The summed E-state index contributed by atoms with van der Waals surface area (Å²) in [6.07, 6.45) is 1.65. The average Bonchev–Trinajstić information content (AvgIpc) is 2.34. The minimum absolute atomic E-state index is 0.141. The molecule has 0 aliphatic rings. The first-order valence-electron chi connectivity index (χ1n) is 4.91. The van der Waals surface area contributed by atoms with E-state index >= 15 is 0 Å². The Morgan fingerprint density at radius 2 is 2.06 bits per heavy atom. The Balaban J connectivity index is 2.45. The minimum atomic E-state index is -0.503. The van der Waals surface area contributed by atoms with Crippen molar-refractivity contribution < 1.29 is 4.39 Å². The summed E-state index contributed by atoms with van der Waals surface area (Å²) < 4.78 is 11.9. The van der Waals surface area contributed by atoms with Gasteiger partial charge in [0.2, 0.25) is 12.2 Å². The molecule has 0 heterocycles. The second-order valence-corrected chi connectivity index (χ2v) is 3.02. The van der Waals surface area contributed by atoms with Crippen molar-refractivity contribution in [1.29, 1.82) is 5.26 Å². The standard InChI is InChI=1S/C11H13FN4/c12-6-7-14-11(16-9-13)15-8-10-4-2-1-3-5-10/h1-5H,6-8H2,(H2,14,15,16). The highest BCUT2D eigenvalue weighted by atomic mass is 19.1. The number of rotatable bonds is 4. The van der Waals surface area contributed by atoms with Crippen LogP contribution in [-0.2, 0) is 6.54 Å². The number of nitrogens with one attached hydrogen (secondary N) is 2. The highest BCUT2D eigenvalue weighted by Crippen LogP contribution is 1.96. The first-order valence-corrected chi connectivity index (χ1v) is 4.91. The van der Waals surface area contributed by atoms with Crippen molar-refractivity contribution in [2.75, 3.05) is 13.2 Å². The number of nitriles is 1. The zero-order valence-electron chi connectivity index (χ0n) is 8.78. The van der Waals surface area contributed by atoms with Crippen LogP contribution in [0.3, 0.4) is 0 Å². The molecule has 0 saturated carbocycles. The van der Waals surface area contributed by atoms with Crippen LogP contribution < -0.4 is 10.6 Å². The van der Waals surface area contributed by atoms with Crippen LogP contribution >= 0.6 is 0 Å². The van der Waals surface area contributed by atoms with Gasteiger partial charge in [-0.15, -0.1) is 4.99 Å². The highest BCUT2D eigenvalue weighted by Gasteiger charge is 1.97. The number of nitrogens with zero attached hydrogens (tertiary/aromatic N) is 2. The van der Waals surface area contributed by atoms with Crippen LogP contribution in [0.4, 0.5) is 4.39 Å². The van der Waals surface area contributed by atoms with Crippen LogP contribution in [0.1, 0.15) is 5.56 Å². The zero-order chi connectivity index (χ0) is 11.6. The van der Waals surface area contributed by atoms with Gasteiger partial charge in [0.1, 0.15) is 6.67 Å². The van der Waals surface area contributed by atoms with Crippen molar-refractivity contribution in [2.45, 2.75) is 6.54 Å². The van der Waals surface area contributed by atoms with E-state index in [0.29, 0.717) is 12.5 Å². The van der Waals surface area contributed by atoms with Crippen molar-refractivity contribution in [1.82, 2.24) is 10.6 Å². The summed E-state index contributed by atoms with van der Waals surface area (Å²) in [5, 5.41) is 14.0. The first-order chi connectivity index (χ1) is 7.86. The lowest BCUT2D eigenvalue weighted by atomic mass is 10.2. The summed E-state index contributed by atoms with van der Waals surface area (Å²) in [4.78, 5) is 3.51. The molecule has 0 spiro atoms. The van der Waals surface area contributed by atoms with Crippen LogP contribution in [-0.4, -0.2) is 19.2 Å². The molecule has 1 aromatic rings. The average molecular weight is 220 g/mol. The predicted molar refractivity (Wildman–Crippen MR) is 60.3 cm³/mol. The summed E-state index contributed by atoms with van der Waals surface area (Å²) in [7, 11) is 0. The Hall–Kier alpha value is -2.09. The number of hydrogen-bond donors (Lipinski definition) is 2. The summed E-state index contributed by atoms with van der Waals surface area (Å²) in [6.45, 7) is 0.181. The molecule has 0 aromatic heterocycles. The fraction of sp³-hybridized carbons (Fsp3) is 0.273. The van der Waals surface area contributed by atoms with Gasteiger partial charge in [0.25, 0.3) is 0 Å². The Morgan fingerprint density at radius 1 is 1.31 bits per heavy atom. The summed E-state index contributed by atoms with van der Waals surface area (Å²) in [6, 6.07) is 9.67. The van der Waals surface area contributed by atoms with Crippen molar-refractivity contribution in [3.05, 3.63) is 35.9 Å². The van der Waals surface area contributed by atoms with Gasteiger partial charge in [-0.1, -0.05) is 30.3 Å². The molecule has 16 heavy (non-hydrogen) atoms. The van der Waals surface area contributed by atoms with E-state index in [2.05, 4.69) is 15.6 Å². The number of alkyl halides is 1. The Bertz CT molecular complexity index is 369. The van der Waals surface area contributed by atoms with Gasteiger partial charge in [-0.25, -0.2) is 4.39 Å². The number of benzene rings is 1. The highest BCUT2D eigenvalue weighted by molar-refractivity contribution is 5.80. The van der Waals surface area contributed by atoms with Crippen molar-refractivity contribution in [3.63, 3.8) is 0 Å². The lowest BCUT2D eigenvalue weighted by molar-refractivity contribution is 0.489. The van der Waals surface area contributed by atoms with E-state index in [0.717, 1.165) is 5.56 Å². The summed E-state index contributed by atoms with van der Waals surface area (Å²) >= 11 is 0. The van der Waals surface area contributed by atoms with E-state index in [4.69, 9.17) is 5.26 Å². The monoisotopic (exact) mass is 220 g/mol. The maximum atomic E-state index is 11.9. The number of aliphatic imine (C=N–C) groups is 1. The van der Waals surface area contributed by atoms with E-state index in [1.165, 1.54) is 0 Å². The summed E-state index contributed by atoms with van der Waals surface area (Å²) in [5.74, 6) is 0.295. The smallest absolute Gasteiger partial charge is 0.209 e. The Kier molecular flexibility index (Phi) is 5.42. The second-order valence-electron chi connectivity index (χ2n) is 3.02. The molecule has 84 valence electrons. The quantitative estimate of drug-likeness (QED) is 0.455. The van der Waals surface area contributed by atoms with Crippen LogP contribution in [0.5, 0.6) is 0 Å². The number of hydrogen-bond acceptors (Lipinski definition) is 2. The summed E-state index contributed by atoms with van der Waals surface area (Å²) in [5.41, 5.74) is 1.06. The maximum absolute atomic E-state index is 11.9. The van der Waals surface area contributed by atoms with Gasteiger partial charge in [0.05, 0.1) is 0 Å². The first kappa shape index (κ1) is 12.0.